The van der Waals surface area contributed by atoms with Gasteiger partial charge < -0.3 is 16.0 Å². The van der Waals surface area contributed by atoms with Gasteiger partial charge in [-0.05, 0) is 75.1 Å². The molecule has 28 heavy (non-hydrogen) atoms. The maximum atomic E-state index is 12.8. The van der Waals surface area contributed by atoms with Crippen LogP contribution in [0.2, 0.25) is 0 Å². The molecule has 1 unspecified atom stereocenters. The van der Waals surface area contributed by atoms with Crippen LogP contribution in [0.3, 0.4) is 0 Å². The van der Waals surface area contributed by atoms with Crippen molar-refractivity contribution >= 4 is 23.4 Å². The number of benzene rings is 2. The quantitative estimate of drug-likeness (QED) is 0.853. The third-order valence-electron chi connectivity index (χ3n) is 5.19. The molecule has 1 aliphatic heterocycles. The first-order valence-corrected chi connectivity index (χ1v) is 9.49. The highest BCUT2D eigenvalue weighted by atomic mass is 16.2. The molecule has 6 nitrogen and oxygen atoms in total. The smallest absolute Gasteiger partial charge is 0.255 e. The first-order chi connectivity index (χ1) is 13.4. The fourth-order valence-corrected chi connectivity index (χ4v) is 3.51. The minimum atomic E-state index is -0.583. The van der Waals surface area contributed by atoms with Crippen molar-refractivity contribution in [2.75, 3.05) is 11.9 Å². The third-order valence-corrected chi connectivity index (χ3v) is 5.19. The molecule has 0 bridgehead atoms. The molecule has 1 atom stereocenters. The lowest BCUT2D eigenvalue weighted by atomic mass is 10.0. The number of anilines is 1. The fraction of sp³-hybridized carbons (Fsp3) is 0.318. The summed E-state index contributed by atoms with van der Waals surface area (Å²) in [4.78, 5) is 38.5. The molecular weight excluding hydrogens is 354 g/mol. The summed E-state index contributed by atoms with van der Waals surface area (Å²) < 4.78 is 0. The predicted molar refractivity (Wildman–Crippen MR) is 108 cm³/mol. The normalized spacial score (nSPS) is 16.5. The van der Waals surface area contributed by atoms with E-state index in [0.29, 0.717) is 16.8 Å². The van der Waals surface area contributed by atoms with Crippen LogP contribution < -0.4 is 11.1 Å². The maximum Gasteiger partial charge on any atom is 0.255 e. The highest BCUT2D eigenvalue weighted by molar-refractivity contribution is 6.06. The van der Waals surface area contributed by atoms with Crippen molar-refractivity contribution in [3.63, 3.8) is 0 Å². The summed E-state index contributed by atoms with van der Waals surface area (Å²) in [5, 5.41) is 2.83. The number of hydrogen-bond acceptors (Lipinski definition) is 3. The zero-order chi connectivity index (χ0) is 20.3. The van der Waals surface area contributed by atoms with E-state index in [1.807, 2.05) is 11.8 Å². The lowest BCUT2D eigenvalue weighted by molar-refractivity contribution is 0.0635. The molecule has 6 heteroatoms. The molecule has 2 aromatic carbocycles. The van der Waals surface area contributed by atoms with Gasteiger partial charge in [-0.2, -0.15) is 0 Å². The molecular formula is C22H25N3O3. The summed E-state index contributed by atoms with van der Waals surface area (Å²) in [5.74, 6) is -0.891. The number of aryl methyl sites for hydroxylation is 1. The minimum absolute atomic E-state index is 0.0299. The van der Waals surface area contributed by atoms with Gasteiger partial charge in [0, 0.05) is 35.0 Å². The highest BCUT2D eigenvalue weighted by Gasteiger charge is 2.24. The molecule has 3 amide bonds. The van der Waals surface area contributed by atoms with Gasteiger partial charge in [0.1, 0.15) is 0 Å². The van der Waals surface area contributed by atoms with Crippen LogP contribution in [0, 0.1) is 6.92 Å². The van der Waals surface area contributed by atoms with Crippen LogP contribution >= 0.6 is 0 Å². The topological polar surface area (TPSA) is 92.5 Å². The molecule has 1 saturated heterocycles. The van der Waals surface area contributed by atoms with E-state index >= 15 is 0 Å². The van der Waals surface area contributed by atoms with E-state index in [1.54, 1.807) is 36.4 Å². The van der Waals surface area contributed by atoms with E-state index in [0.717, 1.165) is 31.4 Å². The van der Waals surface area contributed by atoms with Crippen molar-refractivity contribution in [1.29, 1.82) is 0 Å². The van der Waals surface area contributed by atoms with E-state index < -0.39 is 5.91 Å². The van der Waals surface area contributed by atoms with Crippen LogP contribution in [0.5, 0.6) is 0 Å². The van der Waals surface area contributed by atoms with Gasteiger partial charge in [-0.3, -0.25) is 14.4 Å². The zero-order valence-corrected chi connectivity index (χ0v) is 16.2. The van der Waals surface area contributed by atoms with Gasteiger partial charge in [-0.1, -0.05) is 6.07 Å². The Labute approximate surface area is 164 Å². The summed E-state index contributed by atoms with van der Waals surface area (Å²) in [5.41, 5.74) is 7.94. The number of carbonyl (C=O) groups excluding carboxylic acids is 3. The largest absolute Gasteiger partial charge is 0.366 e. The minimum Gasteiger partial charge on any atom is -0.366 e. The molecule has 3 N–H and O–H groups in total. The SMILES string of the molecule is Cc1cc(C(=O)N2CCCCC2C)ccc1NC(=O)c1cccc(C(N)=O)c1. The van der Waals surface area contributed by atoms with E-state index in [2.05, 4.69) is 12.2 Å². The molecule has 1 heterocycles. The van der Waals surface area contributed by atoms with Gasteiger partial charge in [0.05, 0.1) is 0 Å². The molecule has 2 aromatic rings. The molecule has 1 fully saturated rings. The van der Waals surface area contributed by atoms with Crippen molar-refractivity contribution in [3.8, 4) is 0 Å². The molecule has 0 saturated carbocycles. The van der Waals surface area contributed by atoms with Crippen LogP contribution in [0.15, 0.2) is 42.5 Å². The van der Waals surface area contributed by atoms with E-state index in [-0.39, 0.29) is 23.4 Å². The Morgan fingerprint density at radius 3 is 2.46 bits per heavy atom. The summed E-state index contributed by atoms with van der Waals surface area (Å²) >= 11 is 0. The number of primary amides is 1. The van der Waals surface area contributed by atoms with Crippen LogP contribution in [-0.2, 0) is 0 Å². The Bertz CT molecular complexity index is 923. The molecule has 0 aliphatic carbocycles. The van der Waals surface area contributed by atoms with Crippen LogP contribution in [0.1, 0.15) is 62.8 Å². The van der Waals surface area contributed by atoms with Crippen LogP contribution in [0.4, 0.5) is 5.69 Å². The Morgan fingerprint density at radius 2 is 1.79 bits per heavy atom. The van der Waals surface area contributed by atoms with Gasteiger partial charge in [0.15, 0.2) is 0 Å². The second-order valence-corrected chi connectivity index (χ2v) is 7.27. The van der Waals surface area contributed by atoms with E-state index in [4.69, 9.17) is 5.73 Å². The molecule has 1 aliphatic rings. The predicted octanol–water partition coefficient (Wildman–Crippen LogP) is 3.36. The number of piperidine rings is 1. The molecule has 3 rings (SSSR count). The maximum absolute atomic E-state index is 12.8. The Hall–Kier alpha value is -3.15. The third kappa shape index (κ3) is 4.22. The van der Waals surface area contributed by atoms with Crippen molar-refractivity contribution in [2.45, 2.75) is 39.2 Å². The monoisotopic (exact) mass is 379 g/mol. The number of carbonyl (C=O) groups is 3. The van der Waals surface area contributed by atoms with Gasteiger partial charge in [-0.15, -0.1) is 0 Å². The van der Waals surface area contributed by atoms with Gasteiger partial charge in [-0.25, -0.2) is 0 Å². The Kier molecular flexibility index (Phi) is 5.78. The first kappa shape index (κ1) is 19.6. The van der Waals surface area contributed by atoms with E-state index in [9.17, 15) is 14.4 Å². The molecule has 0 radical (unpaired) electrons. The van der Waals surface area contributed by atoms with Gasteiger partial charge in [0.2, 0.25) is 5.91 Å². The number of nitrogens with zero attached hydrogens (tertiary/aromatic N) is 1. The Morgan fingerprint density at radius 1 is 1.04 bits per heavy atom. The standard InChI is InChI=1S/C22H25N3O3/c1-14-12-18(22(28)25-11-4-3-6-15(25)2)9-10-19(14)24-21(27)17-8-5-7-16(13-17)20(23)26/h5,7-10,12-13,15H,3-4,6,11H2,1-2H3,(H2,23,26)(H,24,27). The van der Waals surface area contributed by atoms with E-state index in [1.165, 1.54) is 6.07 Å². The lowest BCUT2D eigenvalue weighted by Crippen LogP contribution is -2.42. The molecule has 0 spiro atoms. The van der Waals surface area contributed by atoms with Crippen molar-refractivity contribution in [1.82, 2.24) is 4.90 Å². The van der Waals surface area contributed by atoms with Crippen molar-refractivity contribution < 1.29 is 14.4 Å². The summed E-state index contributed by atoms with van der Waals surface area (Å²) in [6, 6.07) is 11.8. The zero-order valence-electron chi connectivity index (χ0n) is 16.2. The average molecular weight is 379 g/mol. The molecule has 0 aromatic heterocycles. The second-order valence-electron chi connectivity index (χ2n) is 7.27. The van der Waals surface area contributed by atoms with Crippen LogP contribution in [0.25, 0.3) is 0 Å². The number of hydrogen-bond donors (Lipinski definition) is 2. The van der Waals surface area contributed by atoms with Gasteiger partial charge >= 0.3 is 0 Å². The number of nitrogens with two attached hydrogens (primary N) is 1. The number of amides is 3. The molecule has 146 valence electrons. The van der Waals surface area contributed by atoms with Crippen molar-refractivity contribution in [3.05, 3.63) is 64.7 Å². The highest BCUT2D eigenvalue weighted by Crippen LogP contribution is 2.22. The van der Waals surface area contributed by atoms with Crippen molar-refractivity contribution in [2.24, 2.45) is 5.73 Å². The fourth-order valence-electron chi connectivity index (χ4n) is 3.51. The van der Waals surface area contributed by atoms with Gasteiger partial charge in [0.25, 0.3) is 11.8 Å². The first-order valence-electron chi connectivity index (χ1n) is 9.49. The number of rotatable bonds is 4. The number of likely N-dealkylation sites (tertiary alicyclic amines) is 1. The summed E-state index contributed by atoms with van der Waals surface area (Å²) in [6.07, 6.45) is 3.22. The Balaban J connectivity index is 1.75. The van der Waals surface area contributed by atoms with Crippen LogP contribution in [-0.4, -0.2) is 35.2 Å². The number of nitrogens with one attached hydrogen (secondary N) is 1. The second kappa shape index (κ2) is 8.25. The lowest BCUT2D eigenvalue weighted by Gasteiger charge is -2.33. The summed E-state index contributed by atoms with van der Waals surface area (Å²) in [7, 11) is 0. The summed E-state index contributed by atoms with van der Waals surface area (Å²) in [6.45, 7) is 4.72. The average Bonchev–Trinajstić information content (AvgIpc) is 2.69.